The van der Waals surface area contributed by atoms with E-state index in [1.165, 1.54) is 5.56 Å². The fourth-order valence-electron chi connectivity index (χ4n) is 4.09. The molecular weight excluding hydrogens is 454 g/mol. The molecule has 4 heterocycles. The van der Waals surface area contributed by atoms with E-state index in [0.29, 0.717) is 23.4 Å². The van der Waals surface area contributed by atoms with Crippen molar-refractivity contribution in [3.63, 3.8) is 0 Å². The standard InChI is InChI=1S/C26H29N9O/c1-18-3-2-4-22(30-18)25-28-11-9-23(33-25)32-24-10-12-29-26(34-24)31-20-7-5-19(6-8-20)16-35-14-13-27-15-21(35)17-36/h2-12,21,27,36H,13-17H2,1H3,(H2,28,29,31,32,33,34)/t21-/m1/s1. The van der Waals surface area contributed by atoms with Gasteiger partial charge in [-0.05, 0) is 48.9 Å². The van der Waals surface area contributed by atoms with Crippen molar-refractivity contribution in [2.75, 3.05) is 36.9 Å². The third-order valence-electron chi connectivity index (χ3n) is 5.96. The molecule has 0 unspecified atom stereocenters. The summed E-state index contributed by atoms with van der Waals surface area (Å²) in [6.07, 6.45) is 3.38. The second-order valence-corrected chi connectivity index (χ2v) is 8.65. The van der Waals surface area contributed by atoms with Gasteiger partial charge < -0.3 is 21.1 Å². The summed E-state index contributed by atoms with van der Waals surface area (Å²) < 4.78 is 0. The average Bonchev–Trinajstić information content (AvgIpc) is 2.90. The molecule has 1 saturated heterocycles. The third-order valence-corrected chi connectivity index (χ3v) is 5.96. The summed E-state index contributed by atoms with van der Waals surface area (Å²) in [6, 6.07) is 17.7. The van der Waals surface area contributed by atoms with E-state index >= 15 is 0 Å². The van der Waals surface area contributed by atoms with Crippen molar-refractivity contribution in [3.05, 3.63) is 78.2 Å². The zero-order valence-corrected chi connectivity index (χ0v) is 20.1. The van der Waals surface area contributed by atoms with Gasteiger partial charge in [-0.15, -0.1) is 0 Å². The Labute approximate surface area is 209 Å². The van der Waals surface area contributed by atoms with E-state index in [-0.39, 0.29) is 12.6 Å². The molecular formula is C26H29N9O. The van der Waals surface area contributed by atoms with Gasteiger partial charge in [0, 0.05) is 56.0 Å². The number of benzene rings is 1. The van der Waals surface area contributed by atoms with Crippen LogP contribution in [0.2, 0.25) is 0 Å². The minimum absolute atomic E-state index is 0.152. The molecule has 0 aliphatic carbocycles. The number of nitrogens with zero attached hydrogens (tertiary/aromatic N) is 6. The lowest BCUT2D eigenvalue weighted by molar-refractivity contribution is 0.0946. The zero-order valence-electron chi connectivity index (χ0n) is 20.1. The van der Waals surface area contributed by atoms with Gasteiger partial charge in [-0.25, -0.2) is 19.9 Å². The number of aliphatic hydroxyl groups is 1. The highest BCUT2D eigenvalue weighted by Crippen LogP contribution is 2.20. The zero-order chi connectivity index (χ0) is 24.7. The summed E-state index contributed by atoms with van der Waals surface area (Å²) in [5.74, 6) is 2.25. The number of hydrogen-bond donors (Lipinski definition) is 4. The van der Waals surface area contributed by atoms with Gasteiger partial charge in [0.2, 0.25) is 5.95 Å². The summed E-state index contributed by atoms with van der Waals surface area (Å²) in [5.41, 5.74) is 3.72. The van der Waals surface area contributed by atoms with Gasteiger partial charge in [0.05, 0.1) is 6.61 Å². The maximum Gasteiger partial charge on any atom is 0.229 e. The number of pyridine rings is 1. The van der Waals surface area contributed by atoms with Crippen LogP contribution in [0.3, 0.4) is 0 Å². The highest BCUT2D eigenvalue weighted by Gasteiger charge is 2.21. The number of piperazine rings is 1. The first-order valence-electron chi connectivity index (χ1n) is 11.9. The van der Waals surface area contributed by atoms with Gasteiger partial charge in [0.1, 0.15) is 17.3 Å². The van der Waals surface area contributed by atoms with E-state index < -0.39 is 0 Å². The van der Waals surface area contributed by atoms with E-state index in [0.717, 1.165) is 43.3 Å². The Morgan fingerprint density at radius 1 is 0.944 bits per heavy atom. The van der Waals surface area contributed by atoms with Crippen LogP contribution >= 0.6 is 0 Å². The Morgan fingerprint density at radius 2 is 1.75 bits per heavy atom. The number of anilines is 4. The van der Waals surface area contributed by atoms with Crippen LogP contribution in [0, 0.1) is 6.92 Å². The maximum atomic E-state index is 9.62. The molecule has 0 radical (unpaired) electrons. The molecule has 0 spiro atoms. The van der Waals surface area contributed by atoms with Crippen LogP contribution in [0.4, 0.5) is 23.3 Å². The fraction of sp³-hybridized carbons (Fsp3) is 0.269. The lowest BCUT2D eigenvalue weighted by Crippen LogP contribution is -2.52. The topological polar surface area (TPSA) is 124 Å². The van der Waals surface area contributed by atoms with Gasteiger partial charge in [0.15, 0.2) is 5.82 Å². The number of aromatic nitrogens is 5. The van der Waals surface area contributed by atoms with Gasteiger partial charge in [0.25, 0.3) is 0 Å². The molecule has 3 aromatic heterocycles. The number of rotatable bonds is 8. The maximum absolute atomic E-state index is 9.62. The lowest BCUT2D eigenvalue weighted by Gasteiger charge is -2.35. The molecule has 5 rings (SSSR count). The molecule has 1 atom stereocenters. The second kappa shape index (κ2) is 11.2. The quantitative estimate of drug-likeness (QED) is 0.297. The van der Waals surface area contributed by atoms with Crippen molar-refractivity contribution in [1.29, 1.82) is 0 Å². The summed E-state index contributed by atoms with van der Waals surface area (Å²) in [7, 11) is 0. The predicted octanol–water partition coefficient (Wildman–Crippen LogP) is 2.89. The molecule has 36 heavy (non-hydrogen) atoms. The Kier molecular flexibility index (Phi) is 7.36. The smallest absolute Gasteiger partial charge is 0.229 e. The number of hydrogen-bond acceptors (Lipinski definition) is 10. The monoisotopic (exact) mass is 483 g/mol. The molecule has 1 aromatic carbocycles. The molecule has 4 N–H and O–H groups in total. The third kappa shape index (κ3) is 5.98. The summed E-state index contributed by atoms with van der Waals surface area (Å²) in [4.78, 5) is 24.6. The molecule has 184 valence electrons. The van der Waals surface area contributed by atoms with Crippen LogP contribution in [0.5, 0.6) is 0 Å². The van der Waals surface area contributed by atoms with Gasteiger partial charge in [-0.3, -0.25) is 4.90 Å². The van der Waals surface area contributed by atoms with Crippen molar-refractivity contribution in [1.82, 2.24) is 35.1 Å². The highest BCUT2D eigenvalue weighted by molar-refractivity contribution is 5.59. The number of nitrogens with one attached hydrogen (secondary N) is 3. The van der Waals surface area contributed by atoms with Crippen LogP contribution in [0.15, 0.2) is 67.0 Å². The summed E-state index contributed by atoms with van der Waals surface area (Å²) >= 11 is 0. The van der Waals surface area contributed by atoms with Crippen LogP contribution in [-0.4, -0.2) is 67.2 Å². The average molecular weight is 484 g/mol. The number of aryl methyl sites for hydroxylation is 1. The molecule has 1 aliphatic rings. The minimum atomic E-state index is 0.152. The Hall–Kier alpha value is -3.99. The minimum Gasteiger partial charge on any atom is -0.395 e. The Bertz CT molecular complexity index is 1300. The number of aliphatic hydroxyl groups excluding tert-OH is 1. The lowest BCUT2D eigenvalue weighted by atomic mass is 10.1. The van der Waals surface area contributed by atoms with Gasteiger partial charge in [-0.1, -0.05) is 18.2 Å². The first kappa shape index (κ1) is 23.7. The van der Waals surface area contributed by atoms with E-state index in [1.54, 1.807) is 24.5 Å². The van der Waals surface area contributed by atoms with Crippen molar-refractivity contribution >= 4 is 23.3 Å². The first-order chi connectivity index (χ1) is 17.7. The van der Waals surface area contributed by atoms with Crippen LogP contribution in [-0.2, 0) is 6.54 Å². The SMILES string of the molecule is Cc1cccc(-c2nccc(Nc3ccnc(Nc4ccc(CN5CCNC[C@@H]5CO)cc4)n3)n2)n1. The van der Waals surface area contributed by atoms with E-state index in [4.69, 9.17) is 0 Å². The molecule has 10 nitrogen and oxygen atoms in total. The van der Waals surface area contributed by atoms with Gasteiger partial charge in [-0.2, -0.15) is 4.98 Å². The second-order valence-electron chi connectivity index (χ2n) is 8.65. The molecule has 1 fully saturated rings. The van der Waals surface area contributed by atoms with E-state index in [2.05, 4.69) is 57.9 Å². The van der Waals surface area contributed by atoms with Crippen molar-refractivity contribution in [2.24, 2.45) is 0 Å². The van der Waals surface area contributed by atoms with Crippen LogP contribution in [0.25, 0.3) is 11.5 Å². The largest absolute Gasteiger partial charge is 0.395 e. The van der Waals surface area contributed by atoms with Crippen molar-refractivity contribution in [2.45, 2.75) is 19.5 Å². The molecule has 0 amide bonds. The van der Waals surface area contributed by atoms with Crippen molar-refractivity contribution in [3.8, 4) is 11.5 Å². The normalized spacial score (nSPS) is 16.0. The Balaban J connectivity index is 1.23. The molecule has 0 bridgehead atoms. The van der Waals surface area contributed by atoms with Crippen LogP contribution < -0.4 is 16.0 Å². The summed E-state index contributed by atoms with van der Waals surface area (Å²) in [6.45, 7) is 5.59. The molecule has 1 aliphatic heterocycles. The summed E-state index contributed by atoms with van der Waals surface area (Å²) in [5, 5.41) is 19.4. The fourth-order valence-corrected chi connectivity index (χ4v) is 4.09. The molecule has 0 saturated carbocycles. The Morgan fingerprint density at radius 3 is 2.56 bits per heavy atom. The molecule has 10 heteroatoms. The van der Waals surface area contributed by atoms with E-state index in [1.807, 2.05) is 37.3 Å². The van der Waals surface area contributed by atoms with Crippen LogP contribution in [0.1, 0.15) is 11.3 Å². The molecule has 4 aromatic rings. The highest BCUT2D eigenvalue weighted by atomic mass is 16.3. The van der Waals surface area contributed by atoms with Crippen molar-refractivity contribution < 1.29 is 5.11 Å². The predicted molar refractivity (Wildman–Crippen MR) is 139 cm³/mol. The first-order valence-corrected chi connectivity index (χ1v) is 11.9. The van der Waals surface area contributed by atoms with E-state index in [9.17, 15) is 5.11 Å². The van der Waals surface area contributed by atoms with Gasteiger partial charge >= 0.3 is 0 Å².